The monoisotopic (exact) mass is 484 g/mol. The van der Waals surface area contributed by atoms with Crippen molar-refractivity contribution in [2.75, 3.05) is 58.4 Å². The Kier molecular flexibility index (Phi) is 8.80. The van der Waals surface area contributed by atoms with Crippen LogP contribution >= 0.6 is 0 Å². The van der Waals surface area contributed by atoms with Gasteiger partial charge in [0.05, 0.1) is 31.4 Å². The number of nitrogens with zero attached hydrogens (tertiary/aromatic N) is 3. The molecule has 0 aliphatic carbocycles. The number of nitrogens with one attached hydrogen (secondary N) is 1. The molecule has 3 rings (SSSR count). The summed E-state index contributed by atoms with van der Waals surface area (Å²) in [5.41, 5.74) is -0.154. The standard InChI is InChI=1S/C22H34F2N4O4Si/c1-30-21(29)16-14-17(23)18(24)19-20(16)28(15-32-12-13-33(2,3)4)22(26-19)25-6-5-7-27-8-10-31-11-9-27/h14H,5-13,15H2,1-4H3,(H,25,26). The molecule has 1 saturated heterocycles. The highest BCUT2D eigenvalue weighted by molar-refractivity contribution is 6.76. The van der Waals surface area contributed by atoms with Crippen molar-refractivity contribution in [3.63, 3.8) is 0 Å². The Morgan fingerprint density at radius 1 is 1.27 bits per heavy atom. The Bertz CT molecular complexity index is 958. The maximum absolute atomic E-state index is 14.6. The van der Waals surface area contributed by atoms with Gasteiger partial charge in [-0.15, -0.1) is 0 Å². The van der Waals surface area contributed by atoms with Crippen LogP contribution in [0.5, 0.6) is 0 Å². The fourth-order valence-corrected chi connectivity index (χ4v) is 4.40. The first-order valence-electron chi connectivity index (χ1n) is 11.3. The number of anilines is 1. The van der Waals surface area contributed by atoms with Crippen LogP contribution in [0.25, 0.3) is 11.0 Å². The Labute approximate surface area is 194 Å². The van der Waals surface area contributed by atoms with Gasteiger partial charge in [-0.25, -0.2) is 18.6 Å². The number of carbonyl (C=O) groups is 1. The van der Waals surface area contributed by atoms with E-state index in [1.165, 1.54) is 7.11 Å². The minimum absolute atomic E-state index is 0.0574. The lowest BCUT2D eigenvalue weighted by atomic mass is 10.1. The first kappa shape index (κ1) is 25.5. The van der Waals surface area contributed by atoms with E-state index >= 15 is 0 Å². The van der Waals surface area contributed by atoms with E-state index in [0.29, 0.717) is 19.1 Å². The molecule has 0 spiro atoms. The van der Waals surface area contributed by atoms with Crippen LogP contribution in [0.15, 0.2) is 6.07 Å². The molecule has 0 amide bonds. The lowest BCUT2D eigenvalue weighted by Gasteiger charge is -2.26. The number of carbonyl (C=O) groups excluding carboxylic acids is 1. The Hall–Kier alpha value is -2.08. The van der Waals surface area contributed by atoms with Crippen LogP contribution in [-0.2, 0) is 20.9 Å². The third kappa shape index (κ3) is 6.72. The molecule has 0 atom stereocenters. The maximum Gasteiger partial charge on any atom is 0.340 e. The molecule has 8 nitrogen and oxygen atoms in total. The summed E-state index contributed by atoms with van der Waals surface area (Å²) in [6.07, 6.45) is 0.834. The highest BCUT2D eigenvalue weighted by Gasteiger charge is 2.25. The number of methoxy groups -OCH3 is 1. The van der Waals surface area contributed by atoms with Crippen LogP contribution in [-0.4, -0.2) is 81.6 Å². The molecule has 33 heavy (non-hydrogen) atoms. The molecule has 1 aliphatic heterocycles. The van der Waals surface area contributed by atoms with Crippen LogP contribution in [0.3, 0.4) is 0 Å². The number of hydrogen-bond acceptors (Lipinski definition) is 7. The van der Waals surface area contributed by atoms with Gasteiger partial charge in [0.25, 0.3) is 0 Å². The van der Waals surface area contributed by atoms with Gasteiger partial charge in [0.15, 0.2) is 11.6 Å². The SMILES string of the molecule is COC(=O)c1cc(F)c(F)c2nc(NCCCN3CCOCC3)n(COCC[Si](C)(C)C)c12. The highest BCUT2D eigenvalue weighted by atomic mass is 28.3. The van der Waals surface area contributed by atoms with Crippen molar-refractivity contribution in [3.05, 3.63) is 23.3 Å². The molecule has 0 bridgehead atoms. The zero-order valence-electron chi connectivity index (χ0n) is 19.9. The predicted molar refractivity (Wildman–Crippen MR) is 125 cm³/mol. The topological polar surface area (TPSA) is 77.9 Å². The number of ether oxygens (including phenoxy) is 3. The first-order valence-corrected chi connectivity index (χ1v) is 15.0. The van der Waals surface area contributed by atoms with Gasteiger partial charge < -0.3 is 19.5 Å². The second-order valence-electron chi connectivity index (χ2n) is 9.35. The minimum Gasteiger partial charge on any atom is -0.465 e. The molecule has 1 aromatic heterocycles. The largest absolute Gasteiger partial charge is 0.465 e. The van der Waals surface area contributed by atoms with E-state index in [9.17, 15) is 13.6 Å². The number of rotatable bonds is 11. The average Bonchev–Trinajstić information content (AvgIpc) is 3.15. The van der Waals surface area contributed by atoms with Gasteiger partial charge in [-0.1, -0.05) is 19.6 Å². The van der Waals surface area contributed by atoms with Crippen LogP contribution in [0, 0.1) is 11.6 Å². The summed E-state index contributed by atoms with van der Waals surface area (Å²) in [5, 5.41) is 3.21. The summed E-state index contributed by atoms with van der Waals surface area (Å²) in [6, 6.07) is 1.81. The molecule has 1 N–H and O–H groups in total. The molecule has 0 unspecified atom stereocenters. The Balaban J connectivity index is 1.83. The van der Waals surface area contributed by atoms with Crippen LogP contribution in [0.2, 0.25) is 25.7 Å². The van der Waals surface area contributed by atoms with Crippen molar-refractivity contribution in [1.29, 1.82) is 0 Å². The number of morpholine rings is 1. The van der Waals surface area contributed by atoms with Gasteiger partial charge >= 0.3 is 5.97 Å². The van der Waals surface area contributed by atoms with E-state index in [4.69, 9.17) is 14.2 Å². The third-order valence-corrected chi connectivity index (χ3v) is 7.28. The molecule has 1 aliphatic rings. The number of benzene rings is 1. The average molecular weight is 485 g/mol. The number of hydrogen-bond donors (Lipinski definition) is 1. The Morgan fingerprint density at radius 2 is 2.00 bits per heavy atom. The molecular formula is C22H34F2N4O4Si. The maximum atomic E-state index is 14.6. The summed E-state index contributed by atoms with van der Waals surface area (Å²) >= 11 is 0. The summed E-state index contributed by atoms with van der Waals surface area (Å²) < 4.78 is 46.5. The van der Waals surface area contributed by atoms with E-state index in [1.807, 2.05) is 0 Å². The molecule has 1 fully saturated rings. The zero-order chi connectivity index (χ0) is 24.0. The number of imidazole rings is 1. The van der Waals surface area contributed by atoms with Crippen LogP contribution < -0.4 is 5.32 Å². The van der Waals surface area contributed by atoms with E-state index in [0.717, 1.165) is 51.4 Å². The molecule has 2 aromatic rings. The van der Waals surface area contributed by atoms with Gasteiger partial charge in [0.2, 0.25) is 5.95 Å². The van der Waals surface area contributed by atoms with Gasteiger partial charge in [-0.3, -0.25) is 9.47 Å². The van der Waals surface area contributed by atoms with Crippen molar-refractivity contribution < 1.29 is 27.8 Å². The number of aromatic nitrogens is 2. The van der Waals surface area contributed by atoms with Crippen LogP contribution in [0.1, 0.15) is 16.8 Å². The van der Waals surface area contributed by atoms with Crippen molar-refractivity contribution in [3.8, 4) is 0 Å². The summed E-state index contributed by atoms with van der Waals surface area (Å²) in [5.74, 6) is -2.68. The van der Waals surface area contributed by atoms with Gasteiger partial charge in [0.1, 0.15) is 12.2 Å². The van der Waals surface area contributed by atoms with Crippen molar-refractivity contribution in [2.24, 2.45) is 0 Å². The second kappa shape index (κ2) is 11.4. The molecule has 1 aromatic carbocycles. The zero-order valence-corrected chi connectivity index (χ0v) is 20.9. The van der Waals surface area contributed by atoms with E-state index in [2.05, 4.69) is 34.8 Å². The minimum atomic E-state index is -1.30. The normalized spacial score (nSPS) is 15.2. The highest BCUT2D eigenvalue weighted by Crippen LogP contribution is 2.28. The number of fused-ring (bicyclic) bond motifs is 1. The number of halogens is 2. The Morgan fingerprint density at radius 3 is 2.67 bits per heavy atom. The van der Waals surface area contributed by atoms with Gasteiger partial charge in [-0.05, 0) is 25.1 Å². The quantitative estimate of drug-likeness (QED) is 0.297. The van der Waals surface area contributed by atoms with Crippen LogP contribution in [0.4, 0.5) is 14.7 Å². The molecule has 184 valence electrons. The fourth-order valence-electron chi connectivity index (χ4n) is 3.64. The first-order chi connectivity index (χ1) is 15.7. The van der Waals surface area contributed by atoms with Crippen molar-refractivity contribution in [2.45, 2.75) is 38.8 Å². The lowest BCUT2D eigenvalue weighted by Crippen LogP contribution is -2.37. The van der Waals surface area contributed by atoms with Gasteiger partial charge in [-0.2, -0.15) is 0 Å². The third-order valence-electron chi connectivity index (χ3n) is 5.57. The summed E-state index contributed by atoms with van der Waals surface area (Å²) in [6.45, 7) is 12.1. The summed E-state index contributed by atoms with van der Waals surface area (Å²) in [7, 11) is -0.103. The molecule has 0 saturated carbocycles. The smallest absolute Gasteiger partial charge is 0.340 e. The lowest BCUT2D eigenvalue weighted by molar-refractivity contribution is 0.0378. The molecular weight excluding hydrogens is 450 g/mol. The second-order valence-corrected chi connectivity index (χ2v) is 15.0. The van der Waals surface area contributed by atoms with Crippen molar-refractivity contribution in [1.82, 2.24) is 14.5 Å². The molecule has 11 heteroatoms. The molecule has 2 heterocycles. The van der Waals surface area contributed by atoms with E-state index in [-0.39, 0.29) is 23.3 Å². The van der Waals surface area contributed by atoms with Gasteiger partial charge in [0, 0.05) is 34.3 Å². The molecule has 0 radical (unpaired) electrons. The van der Waals surface area contributed by atoms with E-state index < -0.39 is 25.7 Å². The van der Waals surface area contributed by atoms with Crippen molar-refractivity contribution >= 4 is 31.0 Å². The fraction of sp³-hybridized carbons (Fsp3) is 0.636. The predicted octanol–water partition coefficient (Wildman–Crippen LogP) is 3.55. The summed E-state index contributed by atoms with van der Waals surface area (Å²) in [4.78, 5) is 18.9. The number of esters is 1. The van der Waals surface area contributed by atoms with E-state index in [1.54, 1.807) is 4.57 Å².